The Hall–Kier alpha value is -1.76. The molecule has 2 heterocycles. The Morgan fingerprint density at radius 1 is 1.22 bits per heavy atom. The standard InChI is InChI=1S/C22H22INO3/c1-11-8-13(12-4-2-3-5-12)9-16-18(11)19-15-10-14(23)6-7-17(15)27-21(19)20(24-16)22(25)26/h6-10,12,19-21,24H,2-5H2,1H3,(H,25,26). The zero-order valence-corrected chi connectivity index (χ0v) is 17.3. The Balaban J connectivity index is 1.67. The Morgan fingerprint density at radius 2 is 2.00 bits per heavy atom. The van der Waals surface area contributed by atoms with Crippen LogP contribution in [0, 0.1) is 10.5 Å². The summed E-state index contributed by atoms with van der Waals surface area (Å²) in [6.07, 6.45) is 4.62. The summed E-state index contributed by atoms with van der Waals surface area (Å²) in [6, 6.07) is 9.90. The summed E-state index contributed by atoms with van der Waals surface area (Å²) in [5.41, 5.74) is 5.86. The number of hydrogen-bond donors (Lipinski definition) is 2. The quantitative estimate of drug-likeness (QED) is 0.599. The molecule has 140 valence electrons. The average Bonchev–Trinajstić information content (AvgIpc) is 3.28. The van der Waals surface area contributed by atoms with Crippen LogP contribution in [-0.4, -0.2) is 23.2 Å². The molecule has 2 aliphatic heterocycles. The van der Waals surface area contributed by atoms with Gasteiger partial charge in [0.25, 0.3) is 0 Å². The second-order valence-electron chi connectivity index (χ2n) is 7.98. The van der Waals surface area contributed by atoms with E-state index in [4.69, 9.17) is 4.74 Å². The first kappa shape index (κ1) is 17.3. The number of carbonyl (C=O) groups is 1. The van der Waals surface area contributed by atoms with Gasteiger partial charge in [0.15, 0.2) is 6.04 Å². The van der Waals surface area contributed by atoms with Crippen LogP contribution in [0.3, 0.4) is 0 Å². The smallest absolute Gasteiger partial charge is 0.330 e. The topological polar surface area (TPSA) is 58.6 Å². The molecule has 3 aliphatic rings. The van der Waals surface area contributed by atoms with Gasteiger partial charge >= 0.3 is 5.97 Å². The van der Waals surface area contributed by atoms with E-state index in [0.29, 0.717) is 5.92 Å². The highest BCUT2D eigenvalue weighted by Gasteiger charge is 2.48. The summed E-state index contributed by atoms with van der Waals surface area (Å²) in [5.74, 6) is 0.516. The molecule has 5 rings (SSSR count). The Labute approximate surface area is 172 Å². The molecule has 2 aromatic carbocycles. The van der Waals surface area contributed by atoms with Gasteiger partial charge in [-0.1, -0.05) is 18.9 Å². The number of carboxylic acids is 1. The van der Waals surface area contributed by atoms with Gasteiger partial charge < -0.3 is 15.2 Å². The number of ether oxygens (including phenoxy) is 1. The number of anilines is 1. The SMILES string of the molecule is Cc1cc(C2CCCC2)cc2c1C1c3cc(I)ccc3OC1C(C(=O)O)N2. The van der Waals surface area contributed by atoms with Crippen molar-refractivity contribution in [1.29, 1.82) is 0 Å². The van der Waals surface area contributed by atoms with Gasteiger partial charge in [0.2, 0.25) is 0 Å². The summed E-state index contributed by atoms with van der Waals surface area (Å²) in [5, 5.41) is 13.1. The van der Waals surface area contributed by atoms with Crippen LogP contribution in [0.4, 0.5) is 5.69 Å². The highest BCUT2D eigenvalue weighted by Crippen LogP contribution is 2.51. The van der Waals surface area contributed by atoms with Crippen LogP contribution in [0.25, 0.3) is 0 Å². The molecule has 0 aromatic heterocycles. The number of aryl methyl sites for hydroxylation is 1. The van der Waals surface area contributed by atoms with Crippen molar-refractivity contribution in [3.63, 3.8) is 0 Å². The minimum atomic E-state index is -0.859. The lowest BCUT2D eigenvalue weighted by atomic mass is 9.78. The minimum Gasteiger partial charge on any atom is -0.486 e. The number of benzene rings is 2. The van der Waals surface area contributed by atoms with Crippen molar-refractivity contribution in [2.75, 3.05) is 5.32 Å². The fraction of sp³-hybridized carbons (Fsp3) is 0.409. The van der Waals surface area contributed by atoms with E-state index in [-0.39, 0.29) is 5.92 Å². The second kappa shape index (κ2) is 6.40. The zero-order valence-electron chi connectivity index (χ0n) is 15.2. The van der Waals surface area contributed by atoms with E-state index in [2.05, 4.69) is 53.0 Å². The summed E-state index contributed by atoms with van der Waals surface area (Å²) >= 11 is 2.31. The van der Waals surface area contributed by atoms with Crippen LogP contribution < -0.4 is 10.1 Å². The van der Waals surface area contributed by atoms with Crippen LogP contribution in [-0.2, 0) is 4.79 Å². The maximum atomic E-state index is 12.0. The molecule has 1 fully saturated rings. The highest BCUT2D eigenvalue weighted by atomic mass is 127. The van der Waals surface area contributed by atoms with Gasteiger partial charge in [-0.25, -0.2) is 4.79 Å². The van der Waals surface area contributed by atoms with Gasteiger partial charge in [0.1, 0.15) is 11.9 Å². The molecule has 0 bridgehead atoms. The van der Waals surface area contributed by atoms with Gasteiger partial charge in [-0.2, -0.15) is 0 Å². The zero-order chi connectivity index (χ0) is 18.7. The van der Waals surface area contributed by atoms with E-state index in [1.54, 1.807) is 0 Å². The van der Waals surface area contributed by atoms with Crippen molar-refractivity contribution in [3.05, 3.63) is 56.2 Å². The van der Waals surface area contributed by atoms with Crippen molar-refractivity contribution in [2.24, 2.45) is 0 Å². The molecule has 0 spiro atoms. The monoisotopic (exact) mass is 475 g/mol. The summed E-state index contributed by atoms with van der Waals surface area (Å²) < 4.78 is 7.28. The minimum absolute atomic E-state index is 0.0373. The van der Waals surface area contributed by atoms with E-state index in [0.717, 1.165) is 20.6 Å². The Bertz CT molecular complexity index is 935. The molecular weight excluding hydrogens is 453 g/mol. The maximum Gasteiger partial charge on any atom is 0.330 e. The highest BCUT2D eigenvalue weighted by molar-refractivity contribution is 14.1. The summed E-state index contributed by atoms with van der Waals surface area (Å²) in [7, 11) is 0. The van der Waals surface area contributed by atoms with Gasteiger partial charge in [0, 0.05) is 14.8 Å². The Kier molecular flexibility index (Phi) is 4.11. The third kappa shape index (κ3) is 2.73. The van der Waals surface area contributed by atoms with Gasteiger partial charge in [0.05, 0.1) is 5.92 Å². The lowest BCUT2D eigenvalue weighted by Gasteiger charge is -2.35. The molecule has 1 saturated carbocycles. The second-order valence-corrected chi connectivity index (χ2v) is 9.23. The number of hydrogen-bond acceptors (Lipinski definition) is 3. The number of halogens is 1. The molecule has 0 radical (unpaired) electrons. The van der Waals surface area contributed by atoms with E-state index >= 15 is 0 Å². The molecule has 3 atom stereocenters. The van der Waals surface area contributed by atoms with Crippen LogP contribution in [0.5, 0.6) is 5.75 Å². The third-order valence-electron chi connectivity index (χ3n) is 6.35. The van der Waals surface area contributed by atoms with Gasteiger partial charge in [-0.05, 0) is 89.2 Å². The summed E-state index contributed by atoms with van der Waals surface area (Å²) in [6.45, 7) is 2.16. The lowest BCUT2D eigenvalue weighted by Crippen LogP contribution is -2.48. The van der Waals surface area contributed by atoms with Crippen LogP contribution >= 0.6 is 22.6 Å². The molecule has 27 heavy (non-hydrogen) atoms. The lowest BCUT2D eigenvalue weighted by molar-refractivity contribution is -0.140. The Morgan fingerprint density at radius 3 is 2.74 bits per heavy atom. The number of carboxylic acid groups (broad SMARTS) is 1. The average molecular weight is 475 g/mol. The van der Waals surface area contributed by atoms with Crippen molar-refractivity contribution in [2.45, 2.75) is 56.6 Å². The van der Waals surface area contributed by atoms with Gasteiger partial charge in [-0.3, -0.25) is 0 Å². The molecule has 4 nitrogen and oxygen atoms in total. The van der Waals surface area contributed by atoms with Gasteiger partial charge in [-0.15, -0.1) is 0 Å². The first-order chi connectivity index (χ1) is 13.0. The first-order valence-electron chi connectivity index (χ1n) is 9.63. The largest absolute Gasteiger partial charge is 0.486 e. The first-order valence-corrected chi connectivity index (χ1v) is 10.7. The maximum absolute atomic E-state index is 12.0. The molecular formula is C22H22INO3. The van der Waals surface area contributed by atoms with Crippen LogP contribution in [0.15, 0.2) is 30.3 Å². The van der Waals surface area contributed by atoms with Crippen LogP contribution in [0.2, 0.25) is 0 Å². The molecule has 2 aromatic rings. The molecule has 2 N–H and O–H groups in total. The number of rotatable bonds is 2. The fourth-order valence-corrected chi connectivity index (χ4v) is 5.66. The van der Waals surface area contributed by atoms with E-state index in [9.17, 15) is 9.90 Å². The predicted octanol–water partition coefficient (Wildman–Crippen LogP) is 5.03. The molecule has 5 heteroatoms. The number of nitrogens with one attached hydrogen (secondary N) is 1. The van der Waals surface area contributed by atoms with Crippen LogP contribution in [0.1, 0.15) is 59.8 Å². The van der Waals surface area contributed by atoms with Crippen molar-refractivity contribution in [3.8, 4) is 5.75 Å². The molecule has 3 unspecified atom stereocenters. The number of aliphatic carboxylic acids is 1. The van der Waals surface area contributed by atoms with E-state index in [1.165, 1.54) is 42.4 Å². The van der Waals surface area contributed by atoms with E-state index < -0.39 is 18.1 Å². The number of fused-ring (bicyclic) bond motifs is 5. The summed E-state index contributed by atoms with van der Waals surface area (Å²) in [4.78, 5) is 12.0. The molecule has 1 aliphatic carbocycles. The molecule has 0 saturated heterocycles. The van der Waals surface area contributed by atoms with Crippen molar-refractivity contribution >= 4 is 34.2 Å². The van der Waals surface area contributed by atoms with Crippen molar-refractivity contribution in [1.82, 2.24) is 0 Å². The third-order valence-corrected chi connectivity index (χ3v) is 7.02. The predicted molar refractivity (Wildman–Crippen MR) is 113 cm³/mol. The fourth-order valence-electron chi connectivity index (χ4n) is 5.15. The molecule has 0 amide bonds. The normalized spacial score (nSPS) is 25.9. The van der Waals surface area contributed by atoms with E-state index in [1.807, 2.05) is 12.1 Å². The van der Waals surface area contributed by atoms with Crippen molar-refractivity contribution < 1.29 is 14.6 Å².